The molecule has 1 aliphatic rings. The Bertz CT molecular complexity index is 1070. The molecule has 0 unspecified atom stereocenters. The normalized spacial score (nSPS) is 17.8. The molecule has 0 nitrogen and oxygen atoms in total. The van der Waals surface area contributed by atoms with Crippen LogP contribution in [0.25, 0.3) is 0 Å². The van der Waals surface area contributed by atoms with E-state index >= 15 is 0 Å². The molecular formula is C34H38IP. The van der Waals surface area contributed by atoms with Gasteiger partial charge in [-0.1, -0.05) is 92.2 Å². The minimum Gasteiger partial charge on any atom is -1.00 e. The Morgan fingerprint density at radius 1 is 0.583 bits per heavy atom. The van der Waals surface area contributed by atoms with Crippen molar-refractivity contribution in [3.63, 3.8) is 0 Å². The lowest BCUT2D eigenvalue weighted by atomic mass is 9.79. The van der Waals surface area contributed by atoms with Crippen molar-refractivity contribution in [2.45, 2.75) is 51.4 Å². The third-order valence-corrected chi connectivity index (χ3v) is 12.6. The van der Waals surface area contributed by atoms with Gasteiger partial charge in [0.1, 0.15) is 23.2 Å². The van der Waals surface area contributed by atoms with Crippen molar-refractivity contribution in [1.82, 2.24) is 0 Å². The van der Waals surface area contributed by atoms with Crippen LogP contribution in [0, 0.1) is 5.92 Å². The highest BCUT2D eigenvalue weighted by atomic mass is 127. The summed E-state index contributed by atoms with van der Waals surface area (Å²) in [5.41, 5.74) is 3.03. The predicted octanol–water partition coefficient (Wildman–Crippen LogP) is 4.91. The summed E-state index contributed by atoms with van der Waals surface area (Å²) in [7, 11) is -1.73. The lowest BCUT2D eigenvalue weighted by Crippen LogP contribution is -3.00. The van der Waals surface area contributed by atoms with Gasteiger partial charge in [0.15, 0.2) is 0 Å². The largest absolute Gasteiger partial charge is 1.00 e. The molecule has 0 N–H and O–H groups in total. The van der Waals surface area contributed by atoms with Crippen molar-refractivity contribution in [2.75, 3.05) is 6.16 Å². The number of hydrogen-bond acceptors (Lipinski definition) is 0. The molecule has 0 saturated heterocycles. The van der Waals surface area contributed by atoms with E-state index < -0.39 is 7.26 Å². The van der Waals surface area contributed by atoms with Crippen LogP contribution in [0.3, 0.4) is 0 Å². The molecule has 0 bridgehead atoms. The summed E-state index contributed by atoms with van der Waals surface area (Å²) in [6, 6.07) is 43.7. The Morgan fingerprint density at radius 2 is 1.03 bits per heavy atom. The summed E-state index contributed by atoms with van der Waals surface area (Å²) in [6.07, 6.45) is 8.97. The molecule has 0 amide bonds. The van der Waals surface area contributed by atoms with Gasteiger partial charge in [-0.15, -0.1) is 0 Å². The molecule has 186 valence electrons. The van der Waals surface area contributed by atoms with E-state index in [0.29, 0.717) is 0 Å². The van der Waals surface area contributed by atoms with Crippen molar-refractivity contribution in [2.24, 2.45) is 5.92 Å². The smallest absolute Gasteiger partial charge is 0.112 e. The molecule has 5 rings (SSSR count). The van der Waals surface area contributed by atoms with Gasteiger partial charge < -0.3 is 24.0 Å². The monoisotopic (exact) mass is 604 g/mol. The van der Waals surface area contributed by atoms with Crippen LogP contribution < -0.4 is 39.9 Å². The van der Waals surface area contributed by atoms with Gasteiger partial charge in [0.05, 0.1) is 6.16 Å². The van der Waals surface area contributed by atoms with Crippen molar-refractivity contribution < 1.29 is 24.0 Å². The average molecular weight is 605 g/mol. The van der Waals surface area contributed by atoms with Crippen LogP contribution in [0.15, 0.2) is 115 Å². The van der Waals surface area contributed by atoms with Crippen LogP contribution >= 0.6 is 7.26 Å². The number of hydrogen-bond donors (Lipinski definition) is 0. The maximum absolute atomic E-state index is 2.41. The zero-order chi connectivity index (χ0) is 23.9. The minimum atomic E-state index is -1.73. The first kappa shape index (κ1) is 27.1. The lowest BCUT2D eigenvalue weighted by Gasteiger charge is -2.34. The molecular weight excluding hydrogens is 566 g/mol. The molecule has 2 heteroatoms. The topological polar surface area (TPSA) is 0 Å². The molecule has 0 atom stereocenters. The number of rotatable bonds is 8. The van der Waals surface area contributed by atoms with Crippen LogP contribution in [-0.2, 0) is 6.42 Å². The second-order valence-electron chi connectivity index (χ2n) is 10.2. The molecule has 1 saturated carbocycles. The Labute approximate surface area is 235 Å². The second kappa shape index (κ2) is 13.0. The zero-order valence-electron chi connectivity index (χ0n) is 21.4. The second-order valence-corrected chi connectivity index (χ2v) is 13.7. The first-order chi connectivity index (χ1) is 17.3. The van der Waals surface area contributed by atoms with Crippen LogP contribution in [0.2, 0.25) is 0 Å². The molecule has 4 aromatic rings. The highest BCUT2D eigenvalue weighted by Gasteiger charge is 2.47. The Kier molecular flexibility index (Phi) is 9.80. The summed E-state index contributed by atoms with van der Waals surface area (Å²) in [5, 5.41) is 4.56. The van der Waals surface area contributed by atoms with E-state index in [-0.39, 0.29) is 24.0 Å². The fourth-order valence-electron chi connectivity index (χ4n) is 6.12. The van der Waals surface area contributed by atoms with E-state index in [4.69, 9.17) is 0 Å². The van der Waals surface area contributed by atoms with Crippen LogP contribution in [0.1, 0.15) is 56.1 Å². The first-order valence-corrected chi connectivity index (χ1v) is 15.4. The first-order valence-electron chi connectivity index (χ1n) is 13.4. The fraction of sp³-hybridized carbons (Fsp3) is 0.294. The standard InChI is InChI=1S/C34H38P.HI/c1-2-12-28-19-23-30(24-20-28)31-25-21-29(22-26-31)27-35(32-13-6-3-7-14-32,33-15-8-4-9-16-33)34-17-10-5-11-18-34;/h3-11,13-20,23-24,29,31H,2,12,21-22,25-27H2,1H3;1H/q+1;/p-1/t29-,31-;. The van der Waals surface area contributed by atoms with Gasteiger partial charge in [0.2, 0.25) is 0 Å². The quantitative estimate of drug-likeness (QED) is 0.198. The van der Waals surface area contributed by atoms with E-state index in [9.17, 15) is 0 Å². The molecule has 0 aromatic heterocycles. The minimum absolute atomic E-state index is 0. The predicted molar refractivity (Wildman–Crippen MR) is 155 cm³/mol. The Hall–Kier alpha value is -1.96. The molecule has 4 aromatic carbocycles. The SMILES string of the molecule is CCCc1ccc([C@H]2CC[C@H](C[P+](c3ccccc3)(c3ccccc3)c3ccccc3)CC2)cc1.[I-]. The third-order valence-electron chi connectivity index (χ3n) is 7.96. The maximum Gasteiger partial charge on any atom is 0.112 e. The van der Waals surface area contributed by atoms with Gasteiger partial charge in [-0.3, -0.25) is 0 Å². The van der Waals surface area contributed by atoms with Crippen molar-refractivity contribution in [3.05, 3.63) is 126 Å². The summed E-state index contributed by atoms with van der Waals surface area (Å²) >= 11 is 0. The third kappa shape index (κ3) is 5.95. The summed E-state index contributed by atoms with van der Waals surface area (Å²) in [5.74, 6) is 1.49. The molecule has 1 aliphatic carbocycles. The number of halogens is 1. The highest BCUT2D eigenvalue weighted by Crippen LogP contribution is 2.58. The van der Waals surface area contributed by atoms with Gasteiger partial charge in [0.25, 0.3) is 0 Å². The molecule has 1 fully saturated rings. The Balaban J connectivity index is 0.00000304. The maximum atomic E-state index is 2.41. The van der Waals surface area contributed by atoms with Crippen LogP contribution in [0.4, 0.5) is 0 Å². The van der Waals surface area contributed by atoms with Crippen molar-refractivity contribution >= 4 is 23.2 Å². The number of aryl methyl sites for hydroxylation is 1. The summed E-state index contributed by atoms with van der Waals surface area (Å²) in [6.45, 7) is 2.26. The van der Waals surface area contributed by atoms with E-state index in [1.807, 2.05) is 0 Å². The summed E-state index contributed by atoms with van der Waals surface area (Å²) in [4.78, 5) is 0. The number of benzene rings is 4. The van der Waals surface area contributed by atoms with E-state index in [1.165, 1.54) is 66.2 Å². The Morgan fingerprint density at radius 3 is 1.44 bits per heavy atom. The van der Waals surface area contributed by atoms with E-state index in [1.54, 1.807) is 5.56 Å². The molecule has 0 heterocycles. The van der Waals surface area contributed by atoms with Gasteiger partial charge in [-0.2, -0.15) is 0 Å². The van der Waals surface area contributed by atoms with Crippen LogP contribution in [-0.4, -0.2) is 6.16 Å². The summed E-state index contributed by atoms with van der Waals surface area (Å²) < 4.78 is 0. The van der Waals surface area contributed by atoms with E-state index in [0.717, 1.165) is 11.8 Å². The van der Waals surface area contributed by atoms with Gasteiger partial charge >= 0.3 is 0 Å². The van der Waals surface area contributed by atoms with E-state index in [2.05, 4.69) is 122 Å². The molecule has 0 radical (unpaired) electrons. The molecule has 0 aliphatic heterocycles. The molecule has 0 spiro atoms. The van der Waals surface area contributed by atoms with Gasteiger partial charge in [-0.05, 0) is 91.5 Å². The zero-order valence-corrected chi connectivity index (χ0v) is 24.5. The van der Waals surface area contributed by atoms with Crippen molar-refractivity contribution in [1.29, 1.82) is 0 Å². The fourth-order valence-corrected chi connectivity index (χ4v) is 10.8. The van der Waals surface area contributed by atoms with Crippen LogP contribution in [0.5, 0.6) is 0 Å². The average Bonchev–Trinajstić information content (AvgIpc) is 2.94. The lowest BCUT2D eigenvalue weighted by molar-refractivity contribution is -0.00000698. The van der Waals surface area contributed by atoms with Crippen molar-refractivity contribution in [3.8, 4) is 0 Å². The van der Waals surface area contributed by atoms with Gasteiger partial charge in [0, 0.05) is 0 Å². The van der Waals surface area contributed by atoms with Gasteiger partial charge in [-0.25, -0.2) is 0 Å². The highest BCUT2D eigenvalue weighted by molar-refractivity contribution is 7.95. The molecule has 36 heavy (non-hydrogen) atoms.